The maximum atomic E-state index is 13.1. The van der Waals surface area contributed by atoms with Gasteiger partial charge < -0.3 is 4.74 Å². The van der Waals surface area contributed by atoms with Crippen molar-refractivity contribution in [3.8, 4) is 22.6 Å². The van der Waals surface area contributed by atoms with Crippen molar-refractivity contribution in [2.24, 2.45) is 0 Å². The third-order valence-electron chi connectivity index (χ3n) is 3.30. The van der Waals surface area contributed by atoms with E-state index in [9.17, 15) is 9.18 Å². The summed E-state index contributed by atoms with van der Waals surface area (Å²) in [6.07, 6.45) is 1.48. The summed E-state index contributed by atoms with van der Waals surface area (Å²) < 4.78 is 19.6. The van der Waals surface area contributed by atoms with Gasteiger partial charge >= 0.3 is 0 Å². The number of halogens is 1. The fourth-order valence-electron chi connectivity index (χ4n) is 2.23. The van der Waals surface area contributed by atoms with Crippen LogP contribution in [-0.4, -0.2) is 16.9 Å². The average Bonchev–Trinajstić information content (AvgIpc) is 2.56. The van der Waals surface area contributed by atoms with Crippen molar-refractivity contribution in [1.82, 2.24) is 9.78 Å². The molecule has 2 aromatic carbocycles. The number of rotatable bonds is 3. The molecule has 110 valence electrons. The van der Waals surface area contributed by atoms with Crippen LogP contribution < -0.4 is 10.3 Å². The number of methoxy groups -OCH3 is 1. The first-order valence-electron chi connectivity index (χ1n) is 6.68. The molecule has 0 saturated carbocycles. The summed E-state index contributed by atoms with van der Waals surface area (Å²) in [5.41, 5.74) is 1.26. The van der Waals surface area contributed by atoms with Crippen LogP contribution in [0.4, 0.5) is 4.39 Å². The van der Waals surface area contributed by atoms with Gasteiger partial charge in [0.2, 0.25) is 0 Å². The maximum Gasteiger partial charge on any atom is 0.283 e. The molecule has 0 spiro atoms. The van der Waals surface area contributed by atoms with Crippen LogP contribution in [0.15, 0.2) is 65.6 Å². The van der Waals surface area contributed by atoms with Crippen LogP contribution in [0.2, 0.25) is 0 Å². The largest absolute Gasteiger partial charge is 0.494 e. The first-order chi connectivity index (χ1) is 10.7. The molecule has 0 radical (unpaired) electrons. The van der Waals surface area contributed by atoms with Gasteiger partial charge in [-0.1, -0.05) is 30.3 Å². The molecule has 0 bridgehead atoms. The Morgan fingerprint density at radius 2 is 1.73 bits per heavy atom. The Hall–Kier alpha value is -2.95. The zero-order valence-electron chi connectivity index (χ0n) is 11.9. The monoisotopic (exact) mass is 296 g/mol. The normalized spacial score (nSPS) is 10.5. The molecule has 0 saturated heterocycles. The predicted octanol–water partition coefficient (Wildman–Crippen LogP) is 3.05. The van der Waals surface area contributed by atoms with Crippen molar-refractivity contribution in [2.75, 3.05) is 7.11 Å². The molecule has 0 atom stereocenters. The van der Waals surface area contributed by atoms with Crippen molar-refractivity contribution in [3.63, 3.8) is 0 Å². The molecule has 0 fully saturated rings. The summed E-state index contributed by atoms with van der Waals surface area (Å²) in [5, 5.41) is 4.13. The van der Waals surface area contributed by atoms with E-state index in [-0.39, 0.29) is 11.4 Å². The lowest BCUT2D eigenvalue weighted by molar-refractivity contribution is 0.411. The fraction of sp³-hybridized carbons (Fsp3) is 0.0588. The first kappa shape index (κ1) is 14.0. The smallest absolute Gasteiger partial charge is 0.283 e. The number of ether oxygens (including phenoxy) is 1. The quantitative estimate of drug-likeness (QED) is 0.746. The SMILES string of the molecule is COc1cnn(-c2ccccc2)c(=O)c1-c1ccc(F)cc1. The molecule has 0 unspecified atom stereocenters. The van der Waals surface area contributed by atoms with Crippen LogP contribution in [-0.2, 0) is 0 Å². The number of nitrogens with zero attached hydrogens (tertiary/aromatic N) is 2. The van der Waals surface area contributed by atoms with E-state index >= 15 is 0 Å². The number of aromatic nitrogens is 2. The maximum absolute atomic E-state index is 13.1. The van der Waals surface area contributed by atoms with Gasteiger partial charge in [-0.05, 0) is 29.8 Å². The van der Waals surface area contributed by atoms with E-state index in [2.05, 4.69) is 5.10 Å². The van der Waals surface area contributed by atoms with Gasteiger partial charge in [0.05, 0.1) is 24.6 Å². The van der Waals surface area contributed by atoms with Crippen LogP contribution in [0.25, 0.3) is 16.8 Å². The van der Waals surface area contributed by atoms with Gasteiger partial charge in [-0.15, -0.1) is 0 Å². The van der Waals surface area contributed by atoms with Crippen molar-refractivity contribution < 1.29 is 9.13 Å². The minimum Gasteiger partial charge on any atom is -0.494 e. The molecule has 22 heavy (non-hydrogen) atoms. The Morgan fingerprint density at radius 1 is 1.05 bits per heavy atom. The molecule has 1 aromatic heterocycles. The molecule has 0 amide bonds. The lowest BCUT2D eigenvalue weighted by Gasteiger charge is -2.11. The second-order valence-electron chi connectivity index (χ2n) is 4.65. The molecule has 0 aliphatic rings. The lowest BCUT2D eigenvalue weighted by atomic mass is 10.1. The highest BCUT2D eigenvalue weighted by Gasteiger charge is 2.15. The predicted molar refractivity (Wildman–Crippen MR) is 81.8 cm³/mol. The molecule has 0 aliphatic carbocycles. The Labute approximate surface area is 126 Å². The van der Waals surface area contributed by atoms with Crippen LogP contribution in [0, 0.1) is 5.82 Å². The third kappa shape index (κ3) is 2.48. The van der Waals surface area contributed by atoms with E-state index in [1.807, 2.05) is 18.2 Å². The highest BCUT2D eigenvalue weighted by atomic mass is 19.1. The molecule has 4 nitrogen and oxygen atoms in total. The molecule has 1 heterocycles. The zero-order chi connectivity index (χ0) is 15.5. The fourth-order valence-corrected chi connectivity index (χ4v) is 2.23. The highest BCUT2D eigenvalue weighted by Crippen LogP contribution is 2.26. The van der Waals surface area contributed by atoms with Crippen LogP contribution >= 0.6 is 0 Å². The Bertz CT molecular complexity index is 843. The Balaban J connectivity index is 2.24. The Kier molecular flexibility index (Phi) is 3.70. The van der Waals surface area contributed by atoms with Gasteiger partial charge in [-0.2, -0.15) is 9.78 Å². The van der Waals surface area contributed by atoms with E-state index in [1.54, 1.807) is 24.3 Å². The standard InChI is InChI=1S/C17H13FN2O2/c1-22-15-11-19-20(14-5-3-2-4-6-14)17(21)16(15)12-7-9-13(18)10-8-12/h2-11H,1H3. The van der Waals surface area contributed by atoms with Gasteiger partial charge in [0.15, 0.2) is 5.75 Å². The first-order valence-corrected chi connectivity index (χ1v) is 6.68. The lowest BCUT2D eigenvalue weighted by Crippen LogP contribution is -2.23. The summed E-state index contributed by atoms with van der Waals surface area (Å²) in [7, 11) is 1.47. The zero-order valence-corrected chi connectivity index (χ0v) is 11.9. The van der Waals surface area contributed by atoms with Crippen LogP contribution in [0.3, 0.4) is 0 Å². The van der Waals surface area contributed by atoms with E-state index in [0.29, 0.717) is 22.6 Å². The van der Waals surface area contributed by atoms with Crippen molar-refractivity contribution in [1.29, 1.82) is 0 Å². The van der Waals surface area contributed by atoms with Crippen LogP contribution in [0.5, 0.6) is 5.75 Å². The number of benzene rings is 2. The van der Waals surface area contributed by atoms with Crippen molar-refractivity contribution in [2.45, 2.75) is 0 Å². The minimum absolute atomic E-state index is 0.322. The van der Waals surface area contributed by atoms with E-state index in [1.165, 1.54) is 30.1 Å². The van der Waals surface area contributed by atoms with Gasteiger partial charge in [-0.25, -0.2) is 4.39 Å². The van der Waals surface area contributed by atoms with Crippen LogP contribution in [0.1, 0.15) is 0 Å². The summed E-state index contributed by atoms with van der Waals surface area (Å²) >= 11 is 0. The number of hydrogen-bond acceptors (Lipinski definition) is 3. The van der Waals surface area contributed by atoms with E-state index < -0.39 is 0 Å². The van der Waals surface area contributed by atoms with E-state index in [4.69, 9.17) is 4.74 Å². The van der Waals surface area contributed by atoms with Crippen molar-refractivity contribution >= 4 is 0 Å². The molecular formula is C17H13FN2O2. The third-order valence-corrected chi connectivity index (χ3v) is 3.30. The summed E-state index contributed by atoms with van der Waals surface area (Å²) in [5.74, 6) is -0.0102. The topological polar surface area (TPSA) is 44.1 Å². The van der Waals surface area contributed by atoms with Gasteiger partial charge in [-0.3, -0.25) is 4.79 Å². The van der Waals surface area contributed by atoms with E-state index in [0.717, 1.165) is 0 Å². The number of hydrogen-bond donors (Lipinski definition) is 0. The summed E-state index contributed by atoms with van der Waals surface area (Å²) in [6, 6.07) is 14.8. The molecule has 3 aromatic rings. The molecular weight excluding hydrogens is 283 g/mol. The molecule has 0 aliphatic heterocycles. The van der Waals surface area contributed by atoms with Crippen molar-refractivity contribution in [3.05, 3.63) is 77.0 Å². The molecule has 5 heteroatoms. The van der Waals surface area contributed by atoms with Gasteiger partial charge in [0, 0.05) is 0 Å². The second kappa shape index (κ2) is 5.81. The van der Waals surface area contributed by atoms with Gasteiger partial charge in [0.1, 0.15) is 5.82 Å². The minimum atomic E-state index is -0.361. The summed E-state index contributed by atoms with van der Waals surface area (Å²) in [6.45, 7) is 0. The van der Waals surface area contributed by atoms with Gasteiger partial charge in [0.25, 0.3) is 5.56 Å². The number of para-hydroxylation sites is 1. The average molecular weight is 296 g/mol. The summed E-state index contributed by atoms with van der Waals surface area (Å²) in [4.78, 5) is 12.8. The highest BCUT2D eigenvalue weighted by molar-refractivity contribution is 5.69. The molecule has 3 rings (SSSR count). The Morgan fingerprint density at radius 3 is 2.36 bits per heavy atom. The second-order valence-corrected chi connectivity index (χ2v) is 4.65. The molecule has 0 N–H and O–H groups in total.